The molecule has 1 amide bonds. The van der Waals surface area contributed by atoms with E-state index in [4.69, 9.17) is 0 Å². The van der Waals surface area contributed by atoms with Crippen LogP contribution in [-0.2, 0) is 4.79 Å². The third-order valence-corrected chi connectivity index (χ3v) is 6.49. The van der Waals surface area contributed by atoms with Gasteiger partial charge in [0.2, 0.25) is 5.91 Å². The van der Waals surface area contributed by atoms with Gasteiger partial charge in [-0.3, -0.25) is 4.79 Å². The third kappa shape index (κ3) is 22.7. The summed E-state index contributed by atoms with van der Waals surface area (Å²) in [5.41, 5.74) is 0. The second-order valence-corrected chi connectivity index (χ2v) is 9.82. The fourth-order valence-electron chi connectivity index (χ4n) is 4.28. The molecular formula is C29H57NO3. The number of amides is 1. The number of rotatable bonds is 25. The van der Waals surface area contributed by atoms with Crippen molar-refractivity contribution >= 4 is 5.91 Å². The number of aliphatic hydroxyl groups is 2. The number of allylic oxidation sites excluding steroid dienone is 1. The lowest BCUT2D eigenvalue weighted by Crippen LogP contribution is -2.45. The predicted molar refractivity (Wildman–Crippen MR) is 142 cm³/mol. The summed E-state index contributed by atoms with van der Waals surface area (Å²) in [5, 5.41) is 22.2. The zero-order chi connectivity index (χ0) is 24.4. The Balaban J connectivity index is 3.39. The number of carbonyl (C=O) groups is 1. The molecule has 0 aromatic carbocycles. The van der Waals surface area contributed by atoms with E-state index in [9.17, 15) is 15.0 Å². The van der Waals surface area contributed by atoms with Crippen LogP contribution in [0.15, 0.2) is 12.2 Å². The van der Waals surface area contributed by atoms with Crippen molar-refractivity contribution < 1.29 is 15.0 Å². The molecule has 2 atom stereocenters. The highest BCUT2D eigenvalue weighted by atomic mass is 16.3. The van der Waals surface area contributed by atoms with Crippen molar-refractivity contribution in [1.29, 1.82) is 0 Å². The normalized spacial score (nSPS) is 13.5. The molecule has 33 heavy (non-hydrogen) atoms. The van der Waals surface area contributed by atoms with Crippen LogP contribution in [0.2, 0.25) is 0 Å². The van der Waals surface area contributed by atoms with Gasteiger partial charge in [-0.15, -0.1) is 0 Å². The number of nitrogens with one attached hydrogen (secondary N) is 1. The van der Waals surface area contributed by atoms with E-state index in [0.717, 1.165) is 19.3 Å². The molecule has 4 heteroatoms. The van der Waals surface area contributed by atoms with Gasteiger partial charge in [0.15, 0.2) is 0 Å². The molecule has 0 aromatic heterocycles. The summed E-state index contributed by atoms with van der Waals surface area (Å²) in [4.78, 5) is 11.6. The van der Waals surface area contributed by atoms with E-state index >= 15 is 0 Å². The van der Waals surface area contributed by atoms with Gasteiger partial charge >= 0.3 is 0 Å². The molecule has 196 valence electrons. The van der Waals surface area contributed by atoms with Crippen molar-refractivity contribution in [2.75, 3.05) is 6.61 Å². The quantitative estimate of drug-likeness (QED) is 0.0955. The summed E-state index contributed by atoms with van der Waals surface area (Å²) in [5.74, 6) is -0.118. The molecule has 0 rings (SSSR count). The first-order valence-corrected chi connectivity index (χ1v) is 14.4. The maximum Gasteiger partial charge on any atom is 0.220 e. The smallest absolute Gasteiger partial charge is 0.220 e. The molecule has 4 nitrogen and oxygen atoms in total. The van der Waals surface area contributed by atoms with Gasteiger partial charge in [0.05, 0.1) is 18.8 Å². The fourth-order valence-corrected chi connectivity index (χ4v) is 4.28. The van der Waals surface area contributed by atoms with E-state index < -0.39 is 12.1 Å². The zero-order valence-electron chi connectivity index (χ0n) is 22.2. The van der Waals surface area contributed by atoms with Crippen molar-refractivity contribution in [3.8, 4) is 0 Å². The minimum Gasteiger partial charge on any atom is -0.394 e. The van der Waals surface area contributed by atoms with Crippen LogP contribution >= 0.6 is 0 Å². The van der Waals surface area contributed by atoms with Gasteiger partial charge in [0, 0.05) is 6.42 Å². The number of unbranched alkanes of at least 4 members (excludes halogenated alkanes) is 18. The Morgan fingerprint density at radius 1 is 0.697 bits per heavy atom. The molecule has 0 bridgehead atoms. The van der Waals surface area contributed by atoms with Crippen LogP contribution in [0.5, 0.6) is 0 Å². The Bertz CT molecular complexity index is 439. The van der Waals surface area contributed by atoms with Crippen LogP contribution in [0.25, 0.3) is 0 Å². The Hall–Kier alpha value is -0.870. The maximum atomic E-state index is 11.6. The molecule has 0 aliphatic heterocycles. The van der Waals surface area contributed by atoms with E-state index in [2.05, 4.69) is 12.2 Å². The molecule has 0 heterocycles. The monoisotopic (exact) mass is 467 g/mol. The summed E-state index contributed by atoms with van der Waals surface area (Å²) in [6.45, 7) is 3.97. The molecule has 0 fully saturated rings. The number of carbonyl (C=O) groups excluding carboxylic acids is 1. The lowest BCUT2D eigenvalue weighted by atomic mass is 10.0. The van der Waals surface area contributed by atoms with Gasteiger partial charge in [-0.05, 0) is 19.3 Å². The lowest BCUT2D eigenvalue weighted by Gasteiger charge is -2.19. The van der Waals surface area contributed by atoms with Crippen molar-refractivity contribution in [2.45, 2.75) is 161 Å². The molecule has 0 radical (unpaired) electrons. The van der Waals surface area contributed by atoms with Crippen molar-refractivity contribution in [3.05, 3.63) is 12.2 Å². The number of hydrogen-bond donors (Lipinski definition) is 3. The van der Waals surface area contributed by atoms with Gasteiger partial charge in [-0.2, -0.15) is 0 Å². The SMILES string of the molecule is CCCCCCCCCCCCCCCCCCCC/C=C/C(O)C(CO)NC(=O)CCC. The molecule has 0 saturated carbocycles. The van der Waals surface area contributed by atoms with Gasteiger partial charge < -0.3 is 15.5 Å². The largest absolute Gasteiger partial charge is 0.394 e. The minimum absolute atomic E-state index is 0.118. The Morgan fingerprint density at radius 3 is 1.52 bits per heavy atom. The first kappa shape index (κ1) is 32.1. The molecule has 3 N–H and O–H groups in total. The molecule has 0 aromatic rings. The molecule has 0 saturated heterocycles. The van der Waals surface area contributed by atoms with Gasteiger partial charge in [-0.1, -0.05) is 135 Å². The summed E-state index contributed by atoms with van der Waals surface area (Å²) in [7, 11) is 0. The first-order valence-electron chi connectivity index (χ1n) is 14.4. The van der Waals surface area contributed by atoms with Gasteiger partial charge in [0.25, 0.3) is 0 Å². The topological polar surface area (TPSA) is 69.6 Å². The molecular weight excluding hydrogens is 410 g/mol. The Labute approximate surface area is 206 Å². The van der Waals surface area contributed by atoms with Gasteiger partial charge in [-0.25, -0.2) is 0 Å². The highest BCUT2D eigenvalue weighted by Crippen LogP contribution is 2.14. The predicted octanol–water partition coefficient (Wildman–Crippen LogP) is 7.61. The zero-order valence-corrected chi connectivity index (χ0v) is 22.2. The summed E-state index contributed by atoms with van der Waals surface area (Å²) in [6.07, 6.45) is 29.8. The van der Waals surface area contributed by atoms with Crippen LogP contribution in [0, 0.1) is 0 Å². The minimum atomic E-state index is -0.827. The average molecular weight is 468 g/mol. The van der Waals surface area contributed by atoms with Crippen LogP contribution in [0.1, 0.15) is 149 Å². The van der Waals surface area contributed by atoms with Crippen molar-refractivity contribution in [3.63, 3.8) is 0 Å². The highest BCUT2D eigenvalue weighted by molar-refractivity contribution is 5.76. The Kier molecular flexibility index (Phi) is 25.1. The number of aliphatic hydroxyl groups excluding tert-OH is 2. The molecule has 2 unspecified atom stereocenters. The standard InChI is InChI=1S/C29H57NO3/c1-3-5-6-7-8-9-10-11-12-13-14-15-16-17-18-19-20-21-22-23-25-28(32)27(26-31)30-29(33)24-4-2/h23,25,27-28,31-32H,3-22,24,26H2,1-2H3,(H,30,33)/b25-23+. The highest BCUT2D eigenvalue weighted by Gasteiger charge is 2.17. The van der Waals surface area contributed by atoms with Crippen molar-refractivity contribution in [2.24, 2.45) is 0 Å². The Morgan fingerprint density at radius 2 is 1.12 bits per heavy atom. The van der Waals surface area contributed by atoms with Crippen molar-refractivity contribution in [1.82, 2.24) is 5.32 Å². The molecule has 0 aliphatic carbocycles. The second kappa shape index (κ2) is 25.7. The summed E-state index contributed by atoms with van der Waals surface area (Å²) >= 11 is 0. The van der Waals surface area contributed by atoms with Gasteiger partial charge in [0.1, 0.15) is 0 Å². The van der Waals surface area contributed by atoms with Crippen LogP contribution in [0.3, 0.4) is 0 Å². The lowest BCUT2D eigenvalue weighted by molar-refractivity contribution is -0.122. The second-order valence-electron chi connectivity index (χ2n) is 9.82. The van der Waals surface area contributed by atoms with Crippen LogP contribution in [-0.4, -0.2) is 34.9 Å². The fraction of sp³-hybridized carbons (Fsp3) is 0.897. The third-order valence-electron chi connectivity index (χ3n) is 6.49. The first-order chi connectivity index (χ1) is 16.2. The summed E-state index contributed by atoms with van der Waals surface area (Å²) in [6, 6.07) is -0.611. The maximum absolute atomic E-state index is 11.6. The van der Waals surface area contributed by atoms with E-state index in [0.29, 0.717) is 6.42 Å². The van der Waals surface area contributed by atoms with E-state index in [1.807, 2.05) is 13.0 Å². The number of hydrogen-bond acceptors (Lipinski definition) is 3. The van der Waals surface area contributed by atoms with E-state index in [-0.39, 0.29) is 12.5 Å². The summed E-state index contributed by atoms with van der Waals surface area (Å²) < 4.78 is 0. The van der Waals surface area contributed by atoms with Crippen LogP contribution in [0.4, 0.5) is 0 Å². The molecule has 0 spiro atoms. The average Bonchev–Trinajstić information content (AvgIpc) is 2.81. The van der Waals surface area contributed by atoms with E-state index in [1.54, 1.807) is 6.08 Å². The molecule has 0 aliphatic rings. The van der Waals surface area contributed by atoms with Crippen LogP contribution < -0.4 is 5.32 Å². The van der Waals surface area contributed by atoms with E-state index in [1.165, 1.54) is 109 Å².